The van der Waals surface area contributed by atoms with Crippen LogP contribution in [0.2, 0.25) is 0 Å². The van der Waals surface area contributed by atoms with Crippen LogP contribution >= 0.6 is 0 Å². The second-order valence-electron chi connectivity index (χ2n) is 7.58. The van der Waals surface area contributed by atoms with E-state index in [9.17, 15) is 4.79 Å². The highest BCUT2D eigenvalue weighted by Crippen LogP contribution is 2.35. The first-order valence-electron chi connectivity index (χ1n) is 8.71. The van der Waals surface area contributed by atoms with Crippen LogP contribution in [0.5, 0.6) is 0 Å². The first-order valence-corrected chi connectivity index (χ1v) is 8.71. The number of fused-ring (bicyclic) bond motifs is 1. The molecule has 0 atom stereocenters. The average Bonchev–Trinajstić information content (AvgIpc) is 2.61. The molecule has 2 aromatic carbocycles. The molecule has 0 fully saturated rings. The van der Waals surface area contributed by atoms with Crippen molar-refractivity contribution < 1.29 is 4.79 Å². The molecule has 3 aromatic rings. The molecule has 0 spiro atoms. The molecule has 2 heteroatoms. The predicted molar refractivity (Wildman–Crippen MR) is 102 cm³/mol. The number of Topliss-reactive ketones (excluding diaryl/α,β-unsaturated/α-hetero) is 1. The molecule has 0 bridgehead atoms. The van der Waals surface area contributed by atoms with Crippen LogP contribution < -0.4 is 0 Å². The van der Waals surface area contributed by atoms with Gasteiger partial charge < -0.3 is 0 Å². The van der Waals surface area contributed by atoms with Gasteiger partial charge in [0.25, 0.3) is 0 Å². The van der Waals surface area contributed by atoms with Gasteiger partial charge in [0.2, 0.25) is 0 Å². The molecule has 4 rings (SSSR count). The molecule has 0 unspecified atom stereocenters. The molecule has 0 aliphatic heterocycles. The van der Waals surface area contributed by atoms with Crippen LogP contribution in [-0.2, 0) is 6.42 Å². The summed E-state index contributed by atoms with van der Waals surface area (Å²) in [7, 11) is 0. The maximum atomic E-state index is 12.3. The summed E-state index contributed by atoms with van der Waals surface area (Å²) in [6.07, 6.45) is 1.46. The number of pyridine rings is 1. The molecule has 0 radical (unpaired) electrons. The highest BCUT2D eigenvalue weighted by molar-refractivity contribution is 5.98. The van der Waals surface area contributed by atoms with E-state index >= 15 is 0 Å². The highest BCUT2D eigenvalue weighted by atomic mass is 16.1. The Kier molecular flexibility index (Phi) is 3.76. The molecule has 124 valence electrons. The zero-order chi connectivity index (χ0) is 17.4. The van der Waals surface area contributed by atoms with Gasteiger partial charge in [-0.05, 0) is 35.1 Å². The van der Waals surface area contributed by atoms with Gasteiger partial charge in [-0.15, -0.1) is 0 Å². The van der Waals surface area contributed by atoms with Gasteiger partial charge in [-0.25, -0.2) is 0 Å². The first kappa shape index (κ1) is 15.8. The van der Waals surface area contributed by atoms with Gasteiger partial charge >= 0.3 is 0 Å². The van der Waals surface area contributed by atoms with Crippen LogP contribution in [0, 0.1) is 5.41 Å². The molecule has 0 saturated heterocycles. The Bertz CT molecular complexity index is 924. The summed E-state index contributed by atoms with van der Waals surface area (Å²) in [6.45, 7) is 4.27. The van der Waals surface area contributed by atoms with Crippen molar-refractivity contribution in [2.45, 2.75) is 26.7 Å². The monoisotopic (exact) mass is 327 g/mol. The van der Waals surface area contributed by atoms with Crippen LogP contribution in [0.25, 0.3) is 22.4 Å². The summed E-state index contributed by atoms with van der Waals surface area (Å²) in [5, 5.41) is 0. The summed E-state index contributed by atoms with van der Waals surface area (Å²) in [6, 6.07) is 22.7. The van der Waals surface area contributed by atoms with E-state index < -0.39 is 0 Å². The van der Waals surface area contributed by atoms with Crippen molar-refractivity contribution in [2.75, 3.05) is 0 Å². The standard InChI is InChI=1S/C23H21NO/c1-23(2)14-21-19(22(25)15-23)12-13-20(24-21)18-10-8-17(9-11-18)16-6-4-3-5-7-16/h3-13H,14-15H2,1-2H3. The van der Waals surface area contributed by atoms with Crippen molar-refractivity contribution >= 4 is 5.78 Å². The number of hydrogen-bond donors (Lipinski definition) is 0. The Morgan fingerprint density at radius 3 is 2.12 bits per heavy atom. The second-order valence-corrected chi connectivity index (χ2v) is 7.58. The van der Waals surface area contributed by atoms with E-state index in [4.69, 9.17) is 4.98 Å². The Morgan fingerprint density at radius 1 is 0.760 bits per heavy atom. The lowest BCUT2D eigenvalue weighted by atomic mass is 9.75. The SMILES string of the molecule is CC1(C)CC(=O)c2ccc(-c3ccc(-c4ccccc4)cc3)nc2C1. The van der Waals surface area contributed by atoms with Crippen molar-refractivity contribution in [3.8, 4) is 22.4 Å². The number of aromatic nitrogens is 1. The van der Waals surface area contributed by atoms with Gasteiger partial charge in [-0.3, -0.25) is 9.78 Å². The number of hydrogen-bond acceptors (Lipinski definition) is 2. The number of benzene rings is 2. The third-order valence-corrected chi connectivity index (χ3v) is 4.85. The topological polar surface area (TPSA) is 30.0 Å². The Hall–Kier alpha value is -2.74. The Labute approximate surface area is 148 Å². The second kappa shape index (κ2) is 5.96. The molecule has 0 amide bonds. The molecule has 1 heterocycles. The van der Waals surface area contributed by atoms with Crippen molar-refractivity contribution in [3.63, 3.8) is 0 Å². The van der Waals surface area contributed by atoms with Crippen molar-refractivity contribution in [3.05, 3.63) is 78.0 Å². The summed E-state index contributed by atoms with van der Waals surface area (Å²) >= 11 is 0. The summed E-state index contributed by atoms with van der Waals surface area (Å²) < 4.78 is 0. The fourth-order valence-electron chi connectivity index (χ4n) is 3.56. The van der Waals surface area contributed by atoms with Gasteiger partial charge in [-0.1, -0.05) is 68.4 Å². The third-order valence-electron chi connectivity index (χ3n) is 4.85. The molecule has 0 saturated carbocycles. The van der Waals surface area contributed by atoms with Crippen LogP contribution in [0.3, 0.4) is 0 Å². The van der Waals surface area contributed by atoms with E-state index in [1.807, 2.05) is 30.3 Å². The van der Waals surface area contributed by atoms with Gasteiger partial charge in [0.15, 0.2) is 5.78 Å². The Morgan fingerprint density at radius 2 is 1.40 bits per heavy atom. The smallest absolute Gasteiger partial charge is 0.165 e. The molecule has 25 heavy (non-hydrogen) atoms. The van der Waals surface area contributed by atoms with Gasteiger partial charge in [0.05, 0.1) is 11.4 Å². The minimum Gasteiger partial charge on any atom is -0.294 e. The van der Waals surface area contributed by atoms with E-state index in [-0.39, 0.29) is 11.2 Å². The third kappa shape index (κ3) is 3.12. The highest BCUT2D eigenvalue weighted by Gasteiger charge is 2.31. The number of ketones is 1. The van der Waals surface area contributed by atoms with E-state index in [2.05, 4.69) is 50.2 Å². The van der Waals surface area contributed by atoms with E-state index in [1.54, 1.807) is 0 Å². The number of rotatable bonds is 2. The van der Waals surface area contributed by atoms with Crippen molar-refractivity contribution in [1.29, 1.82) is 0 Å². The average molecular weight is 327 g/mol. The van der Waals surface area contributed by atoms with Crippen LogP contribution in [-0.4, -0.2) is 10.8 Å². The molecule has 2 nitrogen and oxygen atoms in total. The molecule has 1 aliphatic carbocycles. The summed E-state index contributed by atoms with van der Waals surface area (Å²) in [5.74, 6) is 0.213. The number of carbonyl (C=O) groups excluding carboxylic acids is 1. The minimum absolute atomic E-state index is 0.00707. The lowest BCUT2D eigenvalue weighted by molar-refractivity contribution is 0.0910. The van der Waals surface area contributed by atoms with Crippen LogP contribution in [0.15, 0.2) is 66.7 Å². The first-order chi connectivity index (χ1) is 12.0. The van der Waals surface area contributed by atoms with E-state index in [1.165, 1.54) is 11.1 Å². The number of carbonyl (C=O) groups is 1. The van der Waals surface area contributed by atoms with Crippen molar-refractivity contribution in [2.24, 2.45) is 5.41 Å². The molecule has 0 N–H and O–H groups in total. The fourth-order valence-corrected chi connectivity index (χ4v) is 3.56. The van der Waals surface area contributed by atoms with E-state index in [0.717, 1.165) is 28.9 Å². The number of nitrogens with zero attached hydrogens (tertiary/aromatic N) is 1. The minimum atomic E-state index is -0.00707. The predicted octanol–water partition coefficient (Wildman–Crippen LogP) is 5.57. The van der Waals surface area contributed by atoms with Crippen LogP contribution in [0.1, 0.15) is 36.3 Å². The fraction of sp³-hybridized carbons (Fsp3) is 0.217. The molecule has 1 aliphatic rings. The maximum absolute atomic E-state index is 12.3. The molecular formula is C23H21NO. The Balaban J connectivity index is 1.68. The van der Waals surface area contributed by atoms with Gasteiger partial charge in [-0.2, -0.15) is 0 Å². The van der Waals surface area contributed by atoms with Crippen LogP contribution in [0.4, 0.5) is 0 Å². The lowest BCUT2D eigenvalue weighted by Gasteiger charge is -2.29. The largest absolute Gasteiger partial charge is 0.294 e. The van der Waals surface area contributed by atoms with Gasteiger partial charge in [0.1, 0.15) is 0 Å². The molecular weight excluding hydrogens is 306 g/mol. The zero-order valence-electron chi connectivity index (χ0n) is 14.6. The lowest BCUT2D eigenvalue weighted by Crippen LogP contribution is -2.27. The van der Waals surface area contributed by atoms with Crippen molar-refractivity contribution in [1.82, 2.24) is 4.98 Å². The van der Waals surface area contributed by atoms with Gasteiger partial charge in [0, 0.05) is 17.5 Å². The normalized spacial score (nSPS) is 15.7. The quantitative estimate of drug-likeness (QED) is 0.616. The van der Waals surface area contributed by atoms with E-state index in [0.29, 0.717) is 6.42 Å². The zero-order valence-corrected chi connectivity index (χ0v) is 14.6. The maximum Gasteiger partial charge on any atom is 0.165 e. The summed E-state index contributed by atoms with van der Waals surface area (Å²) in [4.78, 5) is 17.1. The summed E-state index contributed by atoms with van der Waals surface area (Å²) in [5.41, 5.74) is 6.14. The molecule has 1 aromatic heterocycles.